The van der Waals surface area contributed by atoms with Gasteiger partial charge in [0.2, 0.25) is 5.95 Å². The molecule has 0 spiro atoms. The Labute approximate surface area is 214 Å². The van der Waals surface area contributed by atoms with Crippen molar-refractivity contribution >= 4 is 23.2 Å². The van der Waals surface area contributed by atoms with Crippen molar-refractivity contribution in [1.29, 1.82) is 0 Å². The molecule has 0 bridgehead atoms. The van der Waals surface area contributed by atoms with Crippen molar-refractivity contribution in [2.45, 2.75) is 31.7 Å². The minimum atomic E-state index is -1.09. The van der Waals surface area contributed by atoms with Gasteiger partial charge in [-0.05, 0) is 60.9 Å². The van der Waals surface area contributed by atoms with Crippen LogP contribution in [0.5, 0.6) is 0 Å². The number of amides is 1. The maximum absolute atomic E-state index is 14.2. The summed E-state index contributed by atoms with van der Waals surface area (Å²) in [5.41, 5.74) is 4.14. The molecular weight excluding hydrogens is 471 g/mol. The van der Waals surface area contributed by atoms with E-state index in [1.807, 2.05) is 30.5 Å². The van der Waals surface area contributed by atoms with Gasteiger partial charge in [0.15, 0.2) is 5.65 Å². The maximum atomic E-state index is 14.2. The number of hydrogen-bond acceptors (Lipinski definition) is 6. The Hall–Kier alpha value is -3.82. The van der Waals surface area contributed by atoms with Crippen LogP contribution in [-0.2, 0) is 6.54 Å². The van der Waals surface area contributed by atoms with E-state index in [1.165, 1.54) is 0 Å². The van der Waals surface area contributed by atoms with Gasteiger partial charge in [-0.2, -0.15) is 4.98 Å². The van der Waals surface area contributed by atoms with Crippen molar-refractivity contribution in [3.05, 3.63) is 78.0 Å². The average Bonchev–Trinajstić information content (AvgIpc) is 3.44. The highest BCUT2D eigenvalue weighted by molar-refractivity contribution is 5.95. The molecule has 37 heavy (non-hydrogen) atoms. The first-order valence-corrected chi connectivity index (χ1v) is 12.5. The summed E-state index contributed by atoms with van der Waals surface area (Å²) in [6.45, 7) is 4.44. The number of carbonyl (C=O) groups is 1. The molecule has 4 heterocycles. The van der Waals surface area contributed by atoms with E-state index in [1.54, 1.807) is 28.5 Å². The Morgan fingerprint density at radius 2 is 1.89 bits per heavy atom. The SMILES string of the molecule is CC1(F)CCN(Cc2ccc(-c3cccn4nc(Nc5ccc(C(=O)N6CC(O)C6)cc5)nc34)cc2)C1. The minimum Gasteiger partial charge on any atom is -0.389 e. The number of carbonyl (C=O) groups excluding carboxylic acids is 1. The monoisotopic (exact) mass is 500 g/mol. The molecule has 8 nitrogen and oxygen atoms in total. The molecule has 0 aliphatic carbocycles. The molecule has 2 aromatic carbocycles. The molecule has 2 aliphatic rings. The zero-order chi connectivity index (χ0) is 25.6. The van der Waals surface area contributed by atoms with E-state index in [2.05, 4.69) is 39.6 Å². The lowest BCUT2D eigenvalue weighted by molar-refractivity contribution is 0.00590. The summed E-state index contributed by atoms with van der Waals surface area (Å²) in [4.78, 5) is 20.9. The van der Waals surface area contributed by atoms with Crippen LogP contribution in [-0.4, -0.2) is 73.4 Å². The second kappa shape index (κ2) is 9.24. The fourth-order valence-electron chi connectivity index (χ4n) is 5.01. The van der Waals surface area contributed by atoms with Gasteiger partial charge in [0.25, 0.3) is 5.91 Å². The number of aliphatic hydroxyl groups excluding tert-OH is 1. The summed E-state index contributed by atoms with van der Waals surface area (Å²) in [6, 6.07) is 19.4. The Kier molecular flexibility index (Phi) is 5.89. The summed E-state index contributed by atoms with van der Waals surface area (Å²) in [6.07, 6.45) is 2.02. The topological polar surface area (TPSA) is 86.0 Å². The fourth-order valence-corrected chi connectivity index (χ4v) is 5.01. The van der Waals surface area contributed by atoms with E-state index in [-0.39, 0.29) is 5.91 Å². The van der Waals surface area contributed by atoms with E-state index in [0.717, 1.165) is 41.1 Å². The molecule has 190 valence electrons. The van der Waals surface area contributed by atoms with E-state index in [9.17, 15) is 14.3 Å². The number of alkyl halides is 1. The third-order valence-corrected chi connectivity index (χ3v) is 7.07. The van der Waals surface area contributed by atoms with Crippen molar-refractivity contribution in [3.63, 3.8) is 0 Å². The normalized spacial score (nSPS) is 20.4. The van der Waals surface area contributed by atoms with Gasteiger partial charge in [-0.15, -0.1) is 5.10 Å². The molecule has 2 aliphatic heterocycles. The van der Waals surface area contributed by atoms with Crippen LogP contribution in [0.3, 0.4) is 0 Å². The summed E-state index contributed by atoms with van der Waals surface area (Å²) in [5.74, 6) is 0.372. The standard InChI is InChI=1S/C28H29FN6O2/c1-28(29)12-14-33(18-28)15-19-4-6-20(7-5-19)24-3-2-13-35-25(24)31-27(32-35)30-22-10-8-21(9-11-22)26(37)34-16-23(36)17-34/h2-11,13,23,36H,12,14-18H2,1H3,(H,30,32). The summed E-state index contributed by atoms with van der Waals surface area (Å²) >= 11 is 0. The quantitative estimate of drug-likeness (QED) is 0.418. The molecule has 0 radical (unpaired) electrons. The van der Waals surface area contributed by atoms with Gasteiger partial charge >= 0.3 is 0 Å². The number of nitrogens with zero attached hydrogens (tertiary/aromatic N) is 5. The third-order valence-electron chi connectivity index (χ3n) is 7.07. The Balaban J connectivity index is 1.16. The van der Waals surface area contributed by atoms with Gasteiger partial charge in [0.1, 0.15) is 5.67 Å². The zero-order valence-corrected chi connectivity index (χ0v) is 20.6. The number of fused-ring (bicyclic) bond motifs is 1. The predicted molar refractivity (Wildman–Crippen MR) is 139 cm³/mol. The Morgan fingerprint density at radius 1 is 1.14 bits per heavy atom. The fraction of sp³-hybridized carbons (Fsp3) is 0.321. The van der Waals surface area contributed by atoms with Crippen LogP contribution in [0.15, 0.2) is 66.9 Å². The molecule has 6 rings (SSSR count). The van der Waals surface area contributed by atoms with Crippen LogP contribution in [0, 0.1) is 0 Å². The first kappa shape index (κ1) is 23.6. The lowest BCUT2D eigenvalue weighted by atomic mass is 10.0. The molecule has 0 saturated carbocycles. The van der Waals surface area contributed by atoms with Gasteiger partial charge in [0.05, 0.1) is 6.10 Å². The Bertz CT molecular complexity index is 1430. The first-order valence-electron chi connectivity index (χ1n) is 12.5. The molecule has 2 aromatic heterocycles. The van der Waals surface area contributed by atoms with Gasteiger partial charge in [-0.3, -0.25) is 9.69 Å². The molecule has 4 aromatic rings. The third kappa shape index (κ3) is 4.92. The largest absolute Gasteiger partial charge is 0.389 e. The number of anilines is 2. The molecule has 1 atom stereocenters. The van der Waals surface area contributed by atoms with Gasteiger partial charge in [-0.1, -0.05) is 24.3 Å². The number of rotatable bonds is 6. The lowest BCUT2D eigenvalue weighted by Crippen LogP contribution is -2.53. The molecule has 2 saturated heterocycles. The first-order chi connectivity index (χ1) is 17.8. The Morgan fingerprint density at radius 3 is 2.57 bits per heavy atom. The van der Waals surface area contributed by atoms with E-state index >= 15 is 0 Å². The highest BCUT2D eigenvalue weighted by Crippen LogP contribution is 2.28. The van der Waals surface area contributed by atoms with E-state index < -0.39 is 11.8 Å². The van der Waals surface area contributed by atoms with Crippen LogP contribution >= 0.6 is 0 Å². The summed E-state index contributed by atoms with van der Waals surface area (Å²) in [7, 11) is 0. The molecule has 1 unspecified atom stereocenters. The summed E-state index contributed by atoms with van der Waals surface area (Å²) < 4.78 is 15.9. The molecule has 1 amide bonds. The number of nitrogens with one attached hydrogen (secondary N) is 1. The second-order valence-corrected chi connectivity index (χ2v) is 10.3. The highest BCUT2D eigenvalue weighted by Gasteiger charge is 2.33. The van der Waals surface area contributed by atoms with Crippen molar-refractivity contribution < 1.29 is 14.3 Å². The number of aromatic nitrogens is 3. The van der Waals surface area contributed by atoms with Crippen molar-refractivity contribution in [2.75, 3.05) is 31.5 Å². The van der Waals surface area contributed by atoms with Crippen LogP contribution < -0.4 is 5.32 Å². The second-order valence-electron chi connectivity index (χ2n) is 10.3. The zero-order valence-electron chi connectivity index (χ0n) is 20.6. The van der Waals surface area contributed by atoms with Crippen molar-refractivity contribution in [3.8, 4) is 11.1 Å². The van der Waals surface area contributed by atoms with Gasteiger partial charge in [-0.25, -0.2) is 8.91 Å². The van der Waals surface area contributed by atoms with E-state index in [0.29, 0.717) is 37.6 Å². The predicted octanol–water partition coefficient (Wildman–Crippen LogP) is 3.89. The average molecular weight is 501 g/mol. The molecule has 9 heteroatoms. The van der Waals surface area contributed by atoms with Gasteiger partial charge < -0.3 is 15.3 Å². The lowest BCUT2D eigenvalue weighted by Gasteiger charge is -2.35. The van der Waals surface area contributed by atoms with Crippen LogP contribution in [0.4, 0.5) is 16.0 Å². The van der Waals surface area contributed by atoms with Crippen LogP contribution in [0.2, 0.25) is 0 Å². The summed E-state index contributed by atoms with van der Waals surface area (Å²) in [5, 5.41) is 17.2. The number of halogens is 1. The highest BCUT2D eigenvalue weighted by atomic mass is 19.1. The molecular formula is C28H29FN6O2. The van der Waals surface area contributed by atoms with Crippen LogP contribution in [0.25, 0.3) is 16.8 Å². The van der Waals surface area contributed by atoms with Crippen LogP contribution in [0.1, 0.15) is 29.3 Å². The number of benzene rings is 2. The number of pyridine rings is 1. The number of hydrogen-bond donors (Lipinski definition) is 2. The number of aliphatic hydroxyl groups is 1. The molecule has 2 N–H and O–H groups in total. The minimum absolute atomic E-state index is 0.0836. The maximum Gasteiger partial charge on any atom is 0.254 e. The van der Waals surface area contributed by atoms with E-state index in [4.69, 9.17) is 4.98 Å². The number of likely N-dealkylation sites (tertiary alicyclic amines) is 2. The smallest absolute Gasteiger partial charge is 0.254 e. The van der Waals surface area contributed by atoms with Crippen molar-refractivity contribution in [2.24, 2.45) is 0 Å². The van der Waals surface area contributed by atoms with Gasteiger partial charge in [0, 0.05) is 55.7 Å². The van der Waals surface area contributed by atoms with Crippen molar-refractivity contribution in [1.82, 2.24) is 24.4 Å². The molecule has 2 fully saturated rings. The number of β-amino-alcohol motifs (C(OH)–C–C–N with tert-alkyl or cyclic N) is 1.